The number of aromatic nitrogens is 1. The second-order valence-corrected chi connectivity index (χ2v) is 7.83. The Hall–Kier alpha value is -3.77. The van der Waals surface area contributed by atoms with Crippen LogP contribution in [0.3, 0.4) is 0 Å². The van der Waals surface area contributed by atoms with E-state index in [1.54, 1.807) is 11.6 Å². The third kappa shape index (κ3) is 5.05. The molecule has 0 saturated heterocycles. The van der Waals surface area contributed by atoms with Gasteiger partial charge in [-0.3, -0.25) is 14.9 Å². The van der Waals surface area contributed by atoms with Crippen LogP contribution in [0.15, 0.2) is 103 Å². The van der Waals surface area contributed by atoms with Crippen molar-refractivity contribution in [3.05, 3.63) is 119 Å². The molecular weight excluding hydrogens is 406 g/mol. The van der Waals surface area contributed by atoms with Gasteiger partial charge in [0.25, 0.3) is 5.91 Å². The number of hydrogen-bond donors (Lipinski definition) is 2. The first kappa shape index (κ1) is 20.5. The van der Waals surface area contributed by atoms with Crippen LogP contribution >= 0.6 is 11.3 Å². The Morgan fingerprint density at radius 1 is 0.710 bits per heavy atom. The zero-order valence-corrected chi connectivity index (χ0v) is 17.5. The zero-order chi connectivity index (χ0) is 21.5. The molecule has 1 aromatic heterocycles. The van der Waals surface area contributed by atoms with Crippen molar-refractivity contribution in [1.29, 1.82) is 0 Å². The Labute approximate surface area is 184 Å². The Kier molecular flexibility index (Phi) is 6.50. The normalized spacial score (nSPS) is 11.6. The van der Waals surface area contributed by atoms with E-state index in [1.807, 2.05) is 91.0 Å². The quantitative estimate of drug-likeness (QED) is 0.446. The number of anilines is 1. The highest BCUT2D eigenvalue weighted by atomic mass is 32.1. The number of amides is 2. The molecule has 1 heterocycles. The molecule has 3 aromatic carbocycles. The summed E-state index contributed by atoms with van der Waals surface area (Å²) in [6.07, 6.45) is 1.62. The summed E-state index contributed by atoms with van der Waals surface area (Å²) in [5.74, 6) is -1.13. The van der Waals surface area contributed by atoms with E-state index in [1.165, 1.54) is 11.3 Å². The van der Waals surface area contributed by atoms with E-state index >= 15 is 0 Å². The highest BCUT2D eigenvalue weighted by molar-refractivity contribution is 7.13. The van der Waals surface area contributed by atoms with E-state index in [9.17, 15) is 9.59 Å². The molecule has 4 aromatic rings. The van der Waals surface area contributed by atoms with Gasteiger partial charge in [-0.05, 0) is 16.7 Å². The highest BCUT2D eigenvalue weighted by Crippen LogP contribution is 2.26. The number of carbonyl (C=O) groups excluding carboxylic acids is 2. The fraction of sp³-hybridized carbons (Fsp3) is 0.0800. The molecule has 0 aliphatic rings. The molecule has 0 fully saturated rings. The molecule has 0 radical (unpaired) electrons. The van der Waals surface area contributed by atoms with Crippen LogP contribution in [0.5, 0.6) is 0 Å². The van der Waals surface area contributed by atoms with Crippen LogP contribution in [-0.2, 0) is 9.59 Å². The summed E-state index contributed by atoms with van der Waals surface area (Å²) in [6.45, 7) is 0. The van der Waals surface area contributed by atoms with Crippen LogP contribution in [0.4, 0.5) is 5.13 Å². The monoisotopic (exact) mass is 427 g/mol. The standard InChI is InChI=1S/C25H21N3O2S/c29-23(21(18-10-4-1-5-11-18)19-12-6-2-7-13-19)27-22(20-14-8-3-9-15-20)24(30)28-25-26-16-17-31-25/h1-17,21-22H,(H,27,29)(H,26,28,30)/t22-/m1/s1. The Morgan fingerprint density at radius 2 is 1.23 bits per heavy atom. The van der Waals surface area contributed by atoms with Gasteiger partial charge in [0.1, 0.15) is 6.04 Å². The van der Waals surface area contributed by atoms with E-state index in [4.69, 9.17) is 0 Å². The van der Waals surface area contributed by atoms with Crippen molar-refractivity contribution < 1.29 is 9.59 Å². The van der Waals surface area contributed by atoms with Crippen LogP contribution in [0.1, 0.15) is 28.7 Å². The van der Waals surface area contributed by atoms with Crippen LogP contribution < -0.4 is 10.6 Å². The molecule has 6 heteroatoms. The average molecular weight is 428 g/mol. The van der Waals surface area contributed by atoms with E-state index in [0.717, 1.165) is 11.1 Å². The zero-order valence-electron chi connectivity index (χ0n) is 16.6. The summed E-state index contributed by atoms with van der Waals surface area (Å²) in [6, 6.07) is 27.5. The predicted octanol–water partition coefficient (Wildman–Crippen LogP) is 4.77. The number of nitrogens with zero attached hydrogens (tertiary/aromatic N) is 1. The predicted molar refractivity (Wildman–Crippen MR) is 123 cm³/mol. The number of rotatable bonds is 7. The van der Waals surface area contributed by atoms with Crippen molar-refractivity contribution in [2.45, 2.75) is 12.0 Å². The molecule has 2 amide bonds. The Balaban J connectivity index is 1.65. The molecule has 154 valence electrons. The topological polar surface area (TPSA) is 71.1 Å². The highest BCUT2D eigenvalue weighted by Gasteiger charge is 2.29. The van der Waals surface area contributed by atoms with E-state index in [-0.39, 0.29) is 11.8 Å². The van der Waals surface area contributed by atoms with Crippen molar-refractivity contribution in [2.24, 2.45) is 0 Å². The smallest absolute Gasteiger partial charge is 0.253 e. The largest absolute Gasteiger partial charge is 0.340 e. The summed E-state index contributed by atoms with van der Waals surface area (Å²) >= 11 is 1.33. The van der Waals surface area contributed by atoms with Gasteiger partial charge in [0.15, 0.2) is 5.13 Å². The first-order valence-corrected chi connectivity index (χ1v) is 10.8. The van der Waals surface area contributed by atoms with Gasteiger partial charge in [-0.2, -0.15) is 0 Å². The molecule has 31 heavy (non-hydrogen) atoms. The van der Waals surface area contributed by atoms with Crippen molar-refractivity contribution in [1.82, 2.24) is 10.3 Å². The maximum atomic E-state index is 13.5. The van der Waals surface area contributed by atoms with Gasteiger partial charge in [0.05, 0.1) is 5.92 Å². The number of benzene rings is 3. The number of nitrogens with one attached hydrogen (secondary N) is 2. The van der Waals surface area contributed by atoms with Crippen LogP contribution in [-0.4, -0.2) is 16.8 Å². The van der Waals surface area contributed by atoms with Gasteiger partial charge in [-0.25, -0.2) is 4.98 Å². The molecule has 0 unspecified atom stereocenters. The molecule has 0 saturated carbocycles. The second-order valence-electron chi connectivity index (χ2n) is 6.93. The summed E-state index contributed by atoms with van der Waals surface area (Å²) in [5.41, 5.74) is 2.42. The minimum absolute atomic E-state index is 0.249. The molecule has 4 rings (SSSR count). The third-order valence-corrected chi connectivity index (χ3v) is 5.56. The number of carbonyl (C=O) groups is 2. The lowest BCUT2D eigenvalue weighted by Crippen LogP contribution is -2.39. The first-order valence-electron chi connectivity index (χ1n) is 9.88. The SMILES string of the molecule is O=C(N[C@@H](C(=O)Nc1nccs1)c1ccccc1)C(c1ccccc1)c1ccccc1. The Morgan fingerprint density at radius 3 is 1.71 bits per heavy atom. The van der Waals surface area contributed by atoms with Gasteiger partial charge < -0.3 is 5.32 Å². The number of thiazole rings is 1. The van der Waals surface area contributed by atoms with Crippen molar-refractivity contribution >= 4 is 28.3 Å². The minimum Gasteiger partial charge on any atom is -0.340 e. The molecule has 0 aliphatic heterocycles. The lowest BCUT2D eigenvalue weighted by Gasteiger charge is -2.23. The fourth-order valence-electron chi connectivity index (χ4n) is 3.42. The average Bonchev–Trinajstić information content (AvgIpc) is 3.32. The second kappa shape index (κ2) is 9.82. The summed E-state index contributed by atoms with van der Waals surface area (Å²) < 4.78 is 0. The lowest BCUT2D eigenvalue weighted by molar-refractivity contribution is -0.127. The first-order chi connectivity index (χ1) is 15.2. The van der Waals surface area contributed by atoms with E-state index < -0.39 is 12.0 Å². The number of hydrogen-bond acceptors (Lipinski definition) is 4. The minimum atomic E-state index is -0.854. The molecule has 0 aliphatic carbocycles. The summed E-state index contributed by atoms with van der Waals surface area (Å²) in [7, 11) is 0. The Bertz CT molecular complexity index is 1080. The molecule has 1 atom stereocenters. The van der Waals surface area contributed by atoms with Gasteiger partial charge in [0, 0.05) is 11.6 Å². The summed E-state index contributed by atoms with van der Waals surface area (Å²) in [4.78, 5) is 30.7. The molecular formula is C25H21N3O2S. The molecule has 5 nitrogen and oxygen atoms in total. The van der Waals surface area contributed by atoms with Gasteiger partial charge in [-0.1, -0.05) is 91.0 Å². The van der Waals surface area contributed by atoms with Crippen molar-refractivity contribution in [3.63, 3.8) is 0 Å². The van der Waals surface area contributed by atoms with E-state index in [0.29, 0.717) is 10.7 Å². The van der Waals surface area contributed by atoms with Gasteiger partial charge in [-0.15, -0.1) is 11.3 Å². The lowest BCUT2D eigenvalue weighted by atomic mass is 9.90. The van der Waals surface area contributed by atoms with Crippen molar-refractivity contribution in [3.8, 4) is 0 Å². The van der Waals surface area contributed by atoms with E-state index in [2.05, 4.69) is 15.6 Å². The van der Waals surface area contributed by atoms with Crippen molar-refractivity contribution in [2.75, 3.05) is 5.32 Å². The van der Waals surface area contributed by atoms with Crippen LogP contribution in [0, 0.1) is 0 Å². The molecule has 0 bridgehead atoms. The maximum absolute atomic E-state index is 13.5. The van der Waals surface area contributed by atoms with Gasteiger partial charge >= 0.3 is 0 Å². The molecule has 0 spiro atoms. The van der Waals surface area contributed by atoms with Gasteiger partial charge in [0.2, 0.25) is 5.91 Å². The fourth-order valence-corrected chi connectivity index (χ4v) is 3.95. The van der Waals surface area contributed by atoms with Crippen LogP contribution in [0.2, 0.25) is 0 Å². The molecule has 2 N–H and O–H groups in total. The summed E-state index contributed by atoms with van der Waals surface area (Å²) in [5, 5.41) is 8.04. The third-order valence-electron chi connectivity index (χ3n) is 4.87. The van der Waals surface area contributed by atoms with Crippen LogP contribution in [0.25, 0.3) is 0 Å². The maximum Gasteiger partial charge on any atom is 0.253 e.